The van der Waals surface area contributed by atoms with Gasteiger partial charge in [-0.1, -0.05) is 300 Å². The number of esters is 3. The van der Waals surface area contributed by atoms with Crippen molar-refractivity contribution in [1.29, 1.82) is 0 Å². The van der Waals surface area contributed by atoms with Gasteiger partial charge in [-0.05, 0) is 83.5 Å². The van der Waals surface area contributed by atoms with E-state index >= 15 is 0 Å². The minimum Gasteiger partial charge on any atom is -0.462 e. The molecule has 0 saturated heterocycles. The molecular weight excluding hydrogens is 925 g/mol. The van der Waals surface area contributed by atoms with Crippen LogP contribution in [0.15, 0.2) is 60.8 Å². The Bertz CT molecular complexity index is 1340. The molecule has 0 amide bonds. The fourth-order valence-corrected chi connectivity index (χ4v) is 9.61. The van der Waals surface area contributed by atoms with Gasteiger partial charge in [0, 0.05) is 19.3 Å². The van der Waals surface area contributed by atoms with E-state index in [2.05, 4.69) is 81.5 Å². The standard InChI is InChI=1S/C69H124O6/c1-4-7-10-13-16-19-22-25-28-31-33-34-36-39-41-44-47-50-53-56-59-62-68(71)74-65-66(75-69(72)63-60-57-54-51-48-45-42-37-30-27-24-21-18-15-12-9-6-3)64-73-67(70)61-58-55-52-49-46-43-40-38-35-32-29-26-23-20-17-14-11-8-5-2/h9,12,18,21,25,27-28,30,42,45,66H,4-8,10-11,13-17,19-20,22-24,26,29,31-41,43-44,46-65H2,1-3H3/b12-9-,21-18-,28-25-,30-27-,45-42-/t66-/m0/s1. The summed E-state index contributed by atoms with van der Waals surface area (Å²) in [5.41, 5.74) is 0. The van der Waals surface area contributed by atoms with Gasteiger partial charge in [0.15, 0.2) is 6.10 Å². The Balaban J connectivity index is 4.35. The molecule has 0 aliphatic rings. The molecule has 0 heterocycles. The molecule has 0 N–H and O–H groups in total. The molecule has 0 saturated carbocycles. The van der Waals surface area contributed by atoms with Gasteiger partial charge in [0.2, 0.25) is 0 Å². The normalized spacial score (nSPS) is 12.4. The fourth-order valence-electron chi connectivity index (χ4n) is 9.61. The molecule has 6 heteroatoms. The minimum atomic E-state index is -0.787. The molecule has 0 radical (unpaired) electrons. The third-order valence-corrected chi connectivity index (χ3v) is 14.5. The van der Waals surface area contributed by atoms with Gasteiger partial charge in [-0.25, -0.2) is 0 Å². The molecule has 0 aliphatic carbocycles. The van der Waals surface area contributed by atoms with Crippen LogP contribution in [0.25, 0.3) is 0 Å². The Labute approximate surface area is 466 Å². The monoisotopic (exact) mass is 1050 g/mol. The summed E-state index contributed by atoms with van der Waals surface area (Å²) in [4.78, 5) is 38.4. The van der Waals surface area contributed by atoms with Gasteiger partial charge in [-0.15, -0.1) is 0 Å². The second-order valence-electron chi connectivity index (χ2n) is 22.0. The van der Waals surface area contributed by atoms with E-state index < -0.39 is 6.10 Å². The Morgan fingerprint density at radius 1 is 0.280 bits per heavy atom. The van der Waals surface area contributed by atoms with Crippen molar-refractivity contribution in [3.63, 3.8) is 0 Å². The maximum absolute atomic E-state index is 12.9. The summed E-state index contributed by atoms with van der Waals surface area (Å²) < 4.78 is 16.9. The van der Waals surface area contributed by atoms with Crippen molar-refractivity contribution in [2.24, 2.45) is 0 Å². The molecule has 0 aromatic carbocycles. The Kier molecular flexibility index (Phi) is 61.2. The smallest absolute Gasteiger partial charge is 0.306 e. The number of unbranched alkanes of at least 4 members (excludes halogenated alkanes) is 39. The van der Waals surface area contributed by atoms with Gasteiger partial charge in [0.05, 0.1) is 0 Å². The van der Waals surface area contributed by atoms with E-state index in [1.807, 2.05) is 0 Å². The topological polar surface area (TPSA) is 78.9 Å². The molecule has 0 aromatic rings. The third-order valence-electron chi connectivity index (χ3n) is 14.5. The Morgan fingerprint density at radius 2 is 0.520 bits per heavy atom. The van der Waals surface area contributed by atoms with E-state index in [1.54, 1.807) is 0 Å². The van der Waals surface area contributed by atoms with Gasteiger partial charge >= 0.3 is 17.9 Å². The van der Waals surface area contributed by atoms with Crippen LogP contribution >= 0.6 is 0 Å². The van der Waals surface area contributed by atoms with Crippen molar-refractivity contribution in [1.82, 2.24) is 0 Å². The SMILES string of the molecule is CC/C=C\C/C=C\C/C=C\C/C=C\CCCCCCC(=O)O[C@H](COC(=O)CCCCCCCCCCCCC/C=C\CCCCCCCC)COC(=O)CCCCCCCCCCCCCCCCCCCCC. The lowest BCUT2D eigenvalue weighted by molar-refractivity contribution is -0.167. The second-order valence-corrected chi connectivity index (χ2v) is 22.0. The van der Waals surface area contributed by atoms with Gasteiger partial charge in [0.1, 0.15) is 13.2 Å². The molecule has 1 atom stereocenters. The highest BCUT2D eigenvalue weighted by Gasteiger charge is 2.19. The maximum atomic E-state index is 12.9. The zero-order chi connectivity index (χ0) is 54.3. The summed E-state index contributed by atoms with van der Waals surface area (Å²) in [6, 6.07) is 0. The summed E-state index contributed by atoms with van der Waals surface area (Å²) in [6.07, 6.45) is 80.9. The Hall–Kier alpha value is -2.89. The molecule has 0 bridgehead atoms. The summed E-state index contributed by atoms with van der Waals surface area (Å²) in [7, 11) is 0. The average molecular weight is 1050 g/mol. The number of hydrogen-bond acceptors (Lipinski definition) is 6. The quantitative estimate of drug-likeness (QED) is 0.0261. The highest BCUT2D eigenvalue weighted by molar-refractivity contribution is 5.71. The number of carbonyl (C=O) groups is 3. The average Bonchev–Trinajstić information content (AvgIpc) is 3.41. The van der Waals surface area contributed by atoms with Crippen LogP contribution in [0.3, 0.4) is 0 Å². The van der Waals surface area contributed by atoms with Crippen molar-refractivity contribution in [2.75, 3.05) is 13.2 Å². The van der Waals surface area contributed by atoms with Gasteiger partial charge < -0.3 is 14.2 Å². The minimum absolute atomic E-state index is 0.0808. The van der Waals surface area contributed by atoms with Crippen LogP contribution in [-0.2, 0) is 28.6 Å². The predicted octanol–water partition coefficient (Wildman–Crippen LogP) is 22.3. The van der Waals surface area contributed by atoms with E-state index in [0.717, 1.165) is 96.3 Å². The van der Waals surface area contributed by atoms with Crippen LogP contribution in [0, 0.1) is 0 Å². The molecule has 0 unspecified atom stereocenters. The molecule has 0 fully saturated rings. The number of rotatable bonds is 60. The summed E-state index contributed by atoms with van der Waals surface area (Å²) in [5.74, 6) is -0.885. The fraction of sp³-hybridized carbons (Fsp3) is 0.812. The molecule has 0 spiro atoms. The predicted molar refractivity (Wildman–Crippen MR) is 325 cm³/mol. The third kappa shape index (κ3) is 61.8. The van der Waals surface area contributed by atoms with Crippen LogP contribution in [0.4, 0.5) is 0 Å². The number of ether oxygens (including phenoxy) is 3. The van der Waals surface area contributed by atoms with Gasteiger partial charge in [-0.3, -0.25) is 14.4 Å². The molecule has 75 heavy (non-hydrogen) atoms. The molecule has 436 valence electrons. The zero-order valence-electron chi connectivity index (χ0n) is 50.1. The number of allylic oxidation sites excluding steroid dienone is 10. The zero-order valence-corrected chi connectivity index (χ0v) is 50.1. The van der Waals surface area contributed by atoms with Crippen molar-refractivity contribution >= 4 is 17.9 Å². The van der Waals surface area contributed by atoms with Gasteiger partial charge in [-0.2, -0.15) is 0 Å². The van der Waals surface area contributed by atoms with Crippen LogP contribution < -0.4 is 0 Å². The molecule has 6 nitrogen and oxygen atoms in total. The van der Waals surface area contributed by atoms with Crippen molar-refractivity contribution in [2.45, 2.75) is 348 Å². The van der Waals surface area contributed by atoms with E-state index in [9.17, 15) is 14.4 Å². The maximum Gasteiger partial charge on any atom is 0.306 e. The summed E-state index contributed by atoms with van der Waals surface area (Å²) in [6.45, 7) is 6.56. The lowest BCUT2D eigenvalue weighted by Gasteiger charge is -2.18. The highest BCUT2D eigenvalue weighted by Crippen LogP contribution is 2.17. The van der Waals surface area contributed by atoms with Crippen LogP contribution in [0.2, 0.25) is 0 Å². The summed E-state index contributed by atoms with van der Waals surface area (Å²) >= 11 is 0. The first-order valence-electron chi connectivity index (χ1n) is 32.8. The number of hydrogen-bond donors (Lipinski definition) is 0. The first-order valence-corrected chi connectivity index (χ1v) is 32.8. The van der Waals surface area contributed by atoms with Crippen LogP contribution in [0.1, 0.15) is 342 Å². The second kappa shape index (κ2) is 63.6. The molecule has 0 rings (SSSR count). The van der Waals surface area contributed by atoms with E-state index in [0.29, 0.717) is 19.3 Å². The lowest BCUT2D eigenvalue weighted by atomic mass is 10.0. The molecular formula is C69H124O6. The van der Waals surface area contributed by atoms with Crippen molar-refractivity contribution < 1.29 is 28.6 Å². The lowest BCUT2D eigenvalue weighted by Crippen LogP contribution is -2.30. The van der Waals surface area contributed by atoms with E-state index in [1.165, 1.54) is 205 Å². The van der Waals surface area contributed by atoms with Crippen molar-refractivity contribution in [3.8, 4) is 0 Å². The molecule has 0 aromatic heterocycles. The van der Waals surface area contributed by atoms with Crippen molar-refractivity contribution in [3.05, 3.63) is 60.8 Å². The molecule has 0 aliphatic heterocycles. The Morgan fingerprint density at radius 3 is 0.827 bits per heavy atom. The van der Waals surface area contributed by atoms with E-state index in [4.69, 9.17) is 14.2 Å². The van der Waals surface area contributed by atoms with Gasteiger partial charge in [0.25, 0.3) is 0 Å². The van der Waals surface area contributed by atoms with Crippen LogP contribution in [0.5, 0.6) is 0 Å². The highest BCUT2D eigenvalue weighted by atomic mass is 16.6. The van der Waals surface area contributed by atoms with Crippen LogP contribution in [-0.4, -0.2) is 37.2 Å². The summed E-state index contributed by atoms with van der Waals surface area (Å²) in [5, 5.41) is 0. The largest absolute Gasteiger partial charge is 0.462 e. The first-order chi connectivity index (χ1) is 37.0. The van der Waals surface area contributed by atoms with E-state index in [-0.39, 0.29) is 31.1 Å². The first kappa shape index (κ1) is 72.1. The number of carbonyl (C=O) groups excluding carboxylic acids is 3.